The van der Waals surface area contributed by atoms with Gasteiger partial charge in [-0.3, -0.25) is 0 Å². The van der Waals surface area contributed by atoms with Gasteiger partial charge in [-0.05, 0) is 24.3 Å². The first kappa shape index (κ1) is 14.3. The van der Waals surface area contributed by atoms with Crippen molar-refractivity contribution >= 4 is 40.0 Å². The topological polar surface area (TPSA) is 17.3 Å². The molecule has 3 rings (SSSR count). The lowest BCUT2D eigenvalue weighted by Crippen LogP contribution is -2.14. The van der Waals surface area contributed by atoms with Crippen molar-refractivity contribution in [2.45, 2.75) is 6.54 Å². The molecule has 0 bridgehead atoms. The Morgan fingerprint density at radius 1 is 1.19 bits per heavy atom. The van der Waals surface area contributed by atoms with Crippen LogP contribution in [0, 0.1) is 0 Å². The van der Waals surface area contributed by atoms with Gasteiger partial charge >= 0.3 is 0 Å². The first-order valence-electron chi connectivity index (χ1n) is 6.42. The van der Waals surface area contributed by atoms with Crippen LogP contribution < -0.4 is 4.80 Å². The largest absolute Gasteiger partial charge is 0.312 e. The molecule has 0 fully saturated rings. The highest BCUT2D eigenvalue weighted by molar-refractivity contribution is 7.19. The van der Waals surface area contributed by atoms with Gasteiger partial charge in [0.25, 0.3) is 0 Å². The van der Waals surface area contributed by atoms with E-state index in [0.717, 1.165) is 31.9 Å². The Balaban J connectivity index is 2.12. The van der Waals surface area contributed by atoms with E-state index in [-0.39, 0.29) is 0 Å². The number of halogens is 1. The summed E-state index contributed by atoms with van der Waals surface area (Å²) in [6, 6.07) is 13.9. The number of hydrogen-bond acceptors (Lipinski definition) is 3. The van der Waals surface area contributed by atoms with E-state index in [0.29, 0.717) is 0 Å². The molecule has 0 aliphatic carbocycles. The van der Waals surface area contributed by atoms with E-state index in [1.54, 1.807) is 22.7 Å². The Kier molecular flexibility index (Phi) is 4.39. The number of aromatic nitrogens is 1. The number of para-hydroxylation sites is 1. The van der Waals surface area contributed by atoms with Gasteiger partial charge in [0.05, 0.1) is 20.6 Å². The van der Waals surface area contributed by atoms with Crippen LogP contribution in [0.25, 0.3) is 10.6 Å². The first-order chi connectivity index (χ1) is 10.3. The molecule has 0 unspecified atom stereocenters. The molecule has 5 heteroatoms. The zero-order valence-electron chi connectivity index (χ0n) is 11.2. The fourth-order valence-electron chi connectivity index (χ4n) is 1.99. The van der Waals surface area contributed by atoms with Crippen molar-refractivity contribution in [3.63, 3.8) is 0 Å². The average molecular weight is 333 g/mol. The number of benzene rings is 1. The van der Waals surface area contributed by atoms with Crippen LogP contribution in [0.1, 0.15) is 0 Å². The van der Waals surface area contributed by atoms with Crippen LogP contribution in [0.5, 0.6) is 0 Å². The molecule has 0 N–H and O–H groups in total. The van der Waals surface area contributed by atoms with Crippen LogP contribution >= 0.6 is 34.3 Å². The van der Waals surface area contributed by atoms with Crippen molar-refractivity contribution < 1.29 is 0 Å². The lowest BCUT2D eigenvalue weighted by Gasteiger charge is -2.04. The summed E-state index contributed by atoms with van der Waals surface area (Å²) in [4.78, 5) is 6.82. The highest BCUT2D eigenvalue weighted by Gasteiger charge is 2.09. The van der Waals surface area contributed by atoms with Crippen LogP contribution in [-0.2, 0) is 6.54 Å². The third-order valence-electron chi connectivity index (χ3n) is 2.92. The molecule has 0 saturated heterocycles. The highest BCUT2D eigenvalue weighted by atomic mass is 35.5. The molecule has 106 valence electrons. The number of rotatable bonds is 4. The normalized spacial score (nSPS) is 11.8. The summed E-state index contributed by atoms with van der Waals surface area (Å²) in [6.45, 7) is 4.57. The molecule has 0 aliphatic rings. The van der Waals surface area contributed by atoms with Gasteiger partial charge in [0.15, 0.2) is 4.80 Å². The van der Waals surface area contributed by atoms with Gasteiger partial charge in [-0.2, -0.15) is 0 Å². The standard InChI is InChI=1S/C16H13ClN2S2/c1-2-10-19-13(14-8-9-15(17)21-14)11-20-16(19)18-12-6-4-3-5-7-12/h2-9,11H,1,10H2. The second-order valence-corrected chi connectivity index (χ2v) is 6.91. The zero-order valence-corrected chi connectivity index (χ0v) is 13.6. The van der Waals surface area contributed by atoms with Crippen molar-refractivity contribution in [2.75, 3.05) is 0 Å². The number of thiophene rings is 1. The quantitative estimate of drug-likeness (QED) is 0.573. The van der Waals surface area contributed by atoms with E-state index in [9.17, 15) is 0 Å². The Labute approximate surface area is 136 Å². The van der Waals surface area contributed by atoms with Gasteiger partial charge < -0.3 is 4.57 Å². The second kappa shape index (κ2) is 6.43. The Hall–Kier alpha value is -1.62. The fraction of sp³-hybridized carbons (Fsp3) is 0.0625. The number of allylic oxidation sites excluding steroid dienone is 1. The summed E-state index contributed by atoms with van der Waals surface area (Å²) < 4.78 is 2.95. The fourth-order valence-corrected chi connectivity index (χ4v) is 4.06. The van der Waals surface area contributed by atoms with Crippen LogP contribution in [0.3, 0.4) is 0 Å². The van der Waals surface area contributed by atoms with Gasteiger partial charge in [-0.1, -0.05) is 35.9 Å². The van der Waals surface area contributed by atoms with Crippen molar-refractivity contribution in [2.24, 2.45) is 4.99 Å². The van der Waals surface area contributed by atoms with Crippen molar-refractivity contribution in [1.82, 2.24) is 4.57 Å². The lowest BCUT2D eigenvalue weighted by molar-refractivity contribution is 0.802. The van der Waals surface area contributed by atoms with Crippen LogP contribution in [-0.4, -0.2) is 4.57 Å². The maximum Gasteiger partial charge on any atom is 0.190 e. The Morgan fingerprint density at radius 2 is 2.00 bits per heavy atom. The monoisotopic (exact) mass is 332 g/mol. The summed E-state index contributed by atoms with van der Waals surface area (Å²) in [5.41, 5.74) is 2.08. The smallest absolute Gasteiger partial charge is 0.190 e. The predicted octanol–water partition coefficient (Wildman–Crippen LogP) is 5.35. The highest BCUT2D eigenvalue weighted by Crippen LogP contribution is 2.31. The summed E-state index contributed by atoms with van der Waals surface area (Å²) in [6.07, 6.45) is 1.88. The molecule has 2 nitrogen and oxygen atoms in total. The summed E-state index contributed by atoms with van der Waals surface area (Å²) in [5, 5.41) is 2.12. The molecule has 0 spiro atoms. The van der Waals surface area contributed by atoms with Gasteiger partial charge in [-0.25, -0.2) is 4.99 Å². The average Bonchev–Trinajstić information content (AvgIpc) is 3.08. The minimum absolute atomic E-state index is 0.722. The van der Waals surface area contributed by atoms with E-state index in [4.69, 9.17) is 16.6 Å². The molecule has 2 aromatic heterocycles. The third-order valence-corrected chi connectivity index (χ3v) is 5.03. The van der Waals surface area contributed by atoms with Gasteiger partial charge in [0.1, 0.15) is 0 Å². The van der Waals surface area contributed by atoms with Gasteiger partial charge in [0, 0.05) is 11.9 Å². The molecule has 0 aliphatic heterocycles. The summed E-state index contributed by atoms with van der Waals surface area (Å²) in [7, 11) is 0. The van der Waals surface area contributed by atoms with E-state index >= 15 is 0 Å². The molecular formula is C16H13ClN2S2. The first-order valence-corrected chi connectivity index (χ1v) is 8.50. The van der Waals surface area contributed by atoms with Gasteiger partial charge in [-0.15, -0.1) is 29.3 Å². The van der Waals surface area contributed by atoms with E-state index in [1.165, 1.54) is 0 Å². The van der Waals surface area contributed by atoms with E-state index in [1.807, 2.05) is 48.5 Å². The number of thiazole rings is 1. The van der Waals surface area contributed by atoms with Crippen LogP contribution in [0.2, 0.25) is 4.34 Å². The maximum atomic E-state index is 6.05. The van der Waals surface area contributed by atoms with Crippen molar-refractivity contribution in [3.8, 4) is 10.6 Å². The predicted molar refractivity (Wildman–Crippen MR) is 92.5 cm³/mol. The summed E-state index contributed by atoms with van der Waals surface area (Å²) >= 11 is 9.25. The van der Waals surface area contributed by atoms with E-state index < -0.39 is 0 Å². The molecule has 0 amide bonds. The van der Waals surface area contributed by atoms with Crippen LogP contribution in [0.15, 0.2) is 65.5 Å². The zero-order chi connectivity index (χ0) is 14.7. The maximum absolute atomic E-state index is 6.05. The molecular weight excluding hydrogens is 320 g/mol. The second-order valence-electron chi connectivity index (χ2n) is 4.35. The molecule has 0 atom stereocenters. The SMILES string of the molecule is C=CCn1c(-c2ccc(Cl)s2)csc1=Nc1ccccc1. The molecule has 3 aromatic rings. The van der Waals surface area contributed by atoms with E-state index in [2.05, 4.69) is 16.5 Å². The van der Waals surface area contributed by atoms with Crippen molar-refractivity contribution in [3.05, 3.63) is 69.6 Å². The third kappa shape index (κ3) is 3.18. The molecule has 21 heavy (non-hydrogen) atoms. The molecule has 1 aromatic carbocycles. The van der Waals surface area contributed by atoms with Crippen molar-refractivity contribution in [1.29, 1.82) is 0 Å². The lowest BCUT2D eigenvalue weighted by atomic mass is 10.3. The Morgan fingerprint density at radius 3 is 2.67 bits per heavy atom. The minimum Gasteiger partial charge on any atom is -0.312 e. The van der Waals surface area contributed by atoms with Gasteiger partial charge in [0.2, 0.25) is 0 Å². The number of hydrogen-bond donors (Lipinski definition) is 0. The molecule has 2 heterocycles. The number of nitrogens with zero attached hydrogens (tertiary/aromatic N) is 2. The minimum atomic E-state index is 0.722. The Bertz CT molecular complexity index is 812. The van der Waals surface area contributed by atoms with Crippen LogP contribution in [0.4, 0.5) is 5.69 Å². The summed E-state index contributed by atoms with van der Waals surface area (Å²) in [5.74, 6) is 0. The molecule has 0 saturated carbocycles. The molecule has 0 radical (unpaired) electrons.